The third-order valence-electron chi connectivity index (χ3n) is 9.26. The monoisotopic (exact) mass is 619 g/mol. The maximum atomic E-state index is 12.5. The Kier molecular flexibility index (Phi) is 10.8. The molecule has 2 fully saturated rings. The van der Waals surface area contributed by atoms with Gasteiger partial charge in [0.1, 0.15) is 0 Å². The number of urea groups is 1. The lowest BCUT2D eigenvalue weighted by atomic mass is 9.89. The molecule has 0 aromatic heterocycles. The van der Waals surface area contributed by atoms with Crippen molar-refractivity contribution < 1.29 is 19.4 Å². The zero-order valence-corrected chi connectivity index (χ0v) is 26.6. The van der Waals surface area contributed by atoms with Crippen molar-refractivity contribution in [2.75, 3.05) is 19.6 Å². The minimum Gasteiger partial charge on any atom is -0.392 e. The van der Waals surface area contributed by atoms with Crippen LogP contribution in [-0.4, -0.2) is 41.8 Å². The third-order valence-corrected chi connectivity index (χ3v) is 9.26. The molecule has 2 heterocycles. The third kappa shape index (κ3) is 8.03. The Balaban J connectivity index is 1.16. The zero-order valence-electron chi connectivity index (χ0n) is 26.6. The number of benzene rings is 4. The highest BCUT2D eigenvalue weighted by molar-refractivity contribution is 5.75. The molecule has 7 nitrogen and oxygen atoms in total. The summed E-state index contributed by atoms with van der Waals surface area (Å²) in [5.74, 6) is 0.168. The molecule has 0 radical (unpaired) electrons. The SMILES string of the molecule is CC1C(CN2CCCCC2)OC(c2ccc(-c3ccccc3CNC(=O)NCc3ccccc3)cc2)OC1c1ccc(CO)cc1. The largest absolute Gasteiger partial charge is 0.392 e. The Hall–Kier alpha value is -4.01. The second-order valence-corrected chi connectivity index (χ2v) is 12.5. The van der Waals surface area contributed by atoms with E-state index < -0.39 is 6.29 Å². The van der Waals surface area contributed by atoms with E-state index in [1.54, 1.807) is 0 Å². The number of amides is 2. The number of hydrogen-bond acceptors (Lipinski definition) is 5. The van der Waals surface area contributed by atoms with Crippen LogP contribution >= 0.6 is 0 Å². The Morgan fingerprint density at radius 2 is 1.43 bits per heavy atom. The fraction of sp³-hybridized carbons (Fsp3) is 0.359. The van der Waals surface area contributed by atoms with Gasteiger partial charge in [-0.2, -0.15) is 0 Å². The summed E-state index contributed by atoms with van der Waals surface area (Å²) in [6.45, 7) is 6.28. The Morgan fingerprint density at radius 3 is 2.17 bits per heavy atom. The first-order chi connectivity index (χ1) is 22.6. The lowest BCUT2D eigenvalue weighted by molar-refractivity contribution is -0.276. The summed E-state index contributed by atoms with van der Waals surface area (Å²) in [6, 6.07) is 34.3. The van der Waals surface area contributed by atoms with Gasteiger partial charge in [-0.1, -0.05) is 116 Å². The maximum absolute atomic E-state index is 12.5. The fourth-order valence-corrected chi connectivity index (χ4v) is 6.52. The molecule has 2 aliphatic rings. The predicted molar refractivity (Wildman–Crippen MR) is 181 cm³/mol. The lowest BCUT2D eigenvalue weighted by Crippen LogP contribution is -2.45. The van der Waals surface area contributed by atoms with Crippen molar-refractivity contribution in [2.45, 2.75) is 64.4 Å². The van der Waals surface area contributed by atoms with E-state index in [0.717, 1.165) is 58.6 Å². The molecule has 46 heavy (non-hydrogen) atoms. The highest BCUT2D eigenvalue weighted by atomic mass is 16.7. The summed E-state index contributed by atoms with van der Waals surface area (Å²) in [6.07, 6.45) is 3.19. The molecule has 4 unspecified atom stereocenters. The van der Waals surface area contributed by atoms with E-state index in [0.29, 0.717) is 13.1 Å². The number of aliphatic hydroxyl groups excluding tert-OH is 1. The van der Waals surface area contributed by atoms with Crippen LogP contribution < -0.4 is 10.6 Å². The van der Waals surface area contributed by atoms with Crippen molar-refractivity contribution in [3.05, 3.63) is 131 Å². The topological polar surface area (TPSA) is 83.1 Å². The number of piperidine rings is 1. The fourth-order valence-electron chi connectivity index (χ4n) is 6.52. The molecule has 2 saturated heterocycles. The van der Waals surface area contributed by atoms with Gasteiger partial charge in [0.15, 0.2) is 6.29 Å². The van der Waals surface area contributed by atoms with Gasteiger partial charge in [-0.05, 0) is 59.3 Å². The molecule has 4 aromatic carbocycles. The Morgan fingerprint density at radius 1 is 0.761 bits per heavy atom. The van der Waals surface area contributed by atoms with Crippen LogP contribution in [0.1, 0.15) is 66.4 Å². The molecular weight excluding hydrogens is 574 g/mol. The summed E-state index contributed by atoms with van der Waals surface area (Å²) in [7, 11) is 0. The van der Waals surface area contributed by atoms with Gasteiger partial charge in [0.25, 0.3) is 0 Å². The molecule has 7 heteroatoms. The van der Waals surface area contributed by atoms with Gasteiger partial charge in [0.2, 0.25) is 0 Å². The van der Waals surface area contributed by atoms with E-state index in [1.165, 1.54) is 19.3 Å². The number of carbonyl (C=O) groups excluding carboxylic acids is 1. The Labute approximate surface area is 272 Å². The number of rotatable bonds is 10. The highest BCUT2D eigenvalue weighted by Gasteiger charge is 2.39. The van der Waals surface area contributed by atoms with Crippen LogP contribution in [0.25, 0.3) is 11.1 Å². The molecule has 4 aromatic rings. The first-order valence-electron chi connectivity index (χ1n) is 16.5. The normalized spacial score (nSPS) is 21.9. The van der Waals surface area contributed by atoms with Crippen LogP contribution in [0.4, 0.5) is 4.79 Å². The van der Waals surface area contributed by atoms with Crippen LogP contribution in [0.3, 0.4) is 0 Å². The first-order valence-corrected chi connectivity index (χ1v) is 16.5. The minimum absolute atomic E-state index is 0.0255. The lowest BCUT2D eigenvalue weighted by Gasteiger charge is -2.43. The summed E-state index contributed by atoms with van der Waals surface area (Å²) >= 11 is 0. The van der Waals surface area contributed by atoms with E-state index >= 15 is 0 Å². The molecule has 0 bridgehead atoms. The predicted octanol–water partition coefficient (Wildman–Crippen LogP) is 7.12. The number of nitrogens with one attached hydrogen (secondary N) is 2. The Bertz CT molecular complexity index is 1540. The van der Waals surface area contributed by atoms with E-state index in [4.69, 9.17) is 9.47 Å². The van der Waals surface area contributed by atoms with Gasteiger partial charge in [-0.25, -0.2) is 4.79 Å². The van der Waals surface area contributed by atoms with Gasteiger partial charge in [0.05, 0.1) is 18.8 Å². The van der Waals surface area contributed by atoms with E-state index in [2.05, 4.69) is 64.9 Å². The van der Waals surface area contributed by atoms with E-state index in [-0.39, 0.29) is 30.8 Å². The van der Waals surface area contributed by atoms with Crippen molar-refractivity contribution in [2.24, 2.45) is 5.92 Å². The van der Waals surface area contributed by atoms with E-state index in [1.807, 2.05) is 60.7 Å². The smallest absolute Gasteiger partial charge is 0.315 e. The molecular formula is C39H45N3O4. The number of hydrogen-bond donors (Lipinski definition) is 3. The van der Waals surface area contributed by atoms with Gasteiger partial charge in [-0.3, -0.25) is 0 Å². The quantitative estimate of drug-likeness (QED) is 0.176. The first kappa shape index (κ1) is 32.0. The molecule has 0 aliphatic carbocycles. The van der Waals surface area contributed by atoms with E-state index in [9.17, 15) is 9.90 Å². The summed E-state index contributed by atoms with van der Waals surface area (Å²) in [4.78, 5) is 15.1. The molecule has 0 saturated carbocycles. The molecule has 2 aliphatic heterocycles. The molecule has 2 amide bonds. The zero-order chi connectivity index (χ0) is 31.7. The number of ether oxygens (including phenoxy) is 2. The molecule has 0 spiro atoms. The molecule has 4 atom stereocenters. The number of nitrogens with zero attached hydrogens (tertiary/aromatic N) is 1. The van der Waals surface area contributed by atoms with Gasteiger partial charge >= 0.3 is 6.03 Å². The van der Waals surface area contributed by atoms with Crippen LogP contribution in [-0.2, 0) is 29.2 Å². The summed E-state index contributed by atoms with van der Waals surface area (Å²) in [5, 5.41) is 15.5. The van der Waals surface area contributed by atoms with Gasteiger partial charge in [-0.15, -0.1) is 0 Å². The number of likely N-dealkylation sites (tertiary alicyclic amines) is 1. The average Bonchev–Trinajstić information content (AvgIpc) is 3.12. The average molecular weight is 620 g/mol. The van der Waals surface area contributed by atoms with Crippen molar-refractivity contribution in [3.63, 3.8) is 0 Å². The van der Waals surface area contributed by atoms with Crippen LogP contribution in [0.15, 0.2) is 103 Å². The van der Waals surface area contributed by atoms with Crippen LogP contribution in [0.2, 0.25) is 0 Å². The molecule has 6 rings (SSSR count). The standard InChI is InChI=1S/C39H45N3O4/c1-28-36(26-42-22-8-3-9-23-42)45-38(46-37(28)32-16-14-30(27-43)15-17-32)33-20-18-31(19-21-33)35-13-7-6-12-34(35)25-41-39(44)40-24-29-10-4-2-5-11-29/h2,4-7,10-21,28,36-38,43H,3,8-9,22-27H2,1H3,(H2,40,41,44). The maximum Gasteiger partial charge on any atom is 0.315 e. The van der Waals surface area contributed by atoms with Gasteiger partial charge < -0.3 is 30.1 Å². The highest BCUT2D eigenvalue weighted by Crippen LogP contribution is 2.42. The van der Waals surface area contributed by atoms with Crippen molar-refractivity contribution in [3.8, 4) is 11.1 Å². The molecule has 3 N–H and O–H groups in total. The number of aliphatic hydroxyl groups is 1. The summed E-state index contributed by atoms with van der Waals surface area (Å²) in [5.41, 5.74) is 7.21. The second-order valence-electron chi connectivity index (χ2n) is 12.5. The van der Waals surface area contributed by atoms with Gasteiger partial charge in [0, 0.05) is 31.1 Å². The van der Waals surface area contributed by atoms with Crippen molar-refractivity contribution in [1.29, 1.82) is 0 Å². The summed E-state index contributed by atoms with van der Waals surface area (Å²) < 4.78 is 13.4. The minimum atomic E-state index is -0.493. The van der Waals surface area contributed by atoms with Crippen molar-refractivity contribution >= 4 is 6.03 Å². The van der Waals surface area contributed by atoms with Crippen molar-refractivity contribution in [1.82, 2.24) is 15.5 Å². The van der Waals surface area contributed by atoms with Crippen LogP contribution in [0, 0.1) is 5.92 Å². The van der Waals surface area contributed by atoms with Crippen LogP contribution in [0.5, 0.6) is 0 Å². The second kappa shape index (κ2) is 15.5. The number of carbonyl (C=O) groups is 1. The molecule has 240 valence electrons.